The van der Waals surface area contributed by atoms with Crippen molar-refractivity contribution in [2.75, 3.05) is 19.9 Å². The van der Waals surface area contributed by atoms with Gasteiger partial charge in [0.1, 0.15) is 25.3 Å². The summed E-state index contributed by atoms with van der Waals surface area (Å²) in [6.07, 6.45) is -1.80. The Morgan fingerprint density at radius 1 is 1.67 bits per heavy atom. The van der Waals surface area contributed by atoms with E-state index < -0.39 is 25.3 Å². The third-order valence-electron chi connectivity index (χ3n) is 2.04. The maximum absolute atomic E-state index is 13.0. The normalized spacial score (nSPS) is 37.2. The van der Waals surface area contributed by atoms with Crippen LogP contribution in [0.2, 0.25) is 0 Å². The molecule has 0 aromatic carbocycles. The Labute approximate surface area is 71.3 Å². The van der Waals surface area contributed by atoms with Crippen LogP contribution in [-0.4, -0.2) is 43.2 Å². The molecule has 5 heteroatoms. The Balaban J connectivity index is 2.60. The standard InChI is InChI=1S/C7H14FO3P/c1-12(2,10)7-3-5(8)6(4-9)11-7/h5-7,9H,3-4H2,1-2H3/t5-,6-,7+/m1/s1. The number of hydrogen-bond donors (Lipinski definition) is 1. The molecule has 3 nitrogen and oxygen atoms in total. The van der Waals surface area contributed by atoms with Crippen LogP contribution in [0.25, 0.3) is 0 Å². The average Bonchev–Trinajstić information content (AvgIpc) is 2.29. The first-order chi connectivity index (χ1) is 5.45. The molecule has 0 aromatic rings. The van der Waals surface area contributed by atoms with Gasteiger partial charge in [0.2, 0.25) is 0 Å². The lowest BCUT2D eigenvalue weighted by Crippen LogP contribution is -2.21. The summed E-state index contributed by atoms with van der Waals surface area (Å²) in [6.45, 7) is 2.81. The van der Waals surface area contributed by atoms with Crippen molar-refractivity contribution in [3.63, 3.8) is 0 Å². The van der Waals surface area contributed by atoms with Crippen molar-refractivity contribution in [3.05, 3.63) is 0 Å². The largest absolute Gasteiger partial charge is 0.394 e. The second kappa shape index (κ2) is 3.44. The van der Waals surface area contributed by atoms with Crippen LogP contribution in [-0.2, 0) is 9.30 Å². The minimum absolute atomic E-state index is 0.148. The Morgan fingerprint density at radius 2 is 2.25 bits per heavy atom. The number of alkyl halides is 1. The molecular formula is C7H14FO3P. The molecule has 0 bridgehead atoms. The molecule has 0 spiro atoms. The monoisotopic (exact) mass is 196 g/mol. The molecule has 1 rings (SSSR count). The van der Waals surface area contributed by atoms with Gasteiger partial charge in [-0.1, -0.05) is 0 Å². The van der Waals surface area contributed by atoms with Crippen LogP contribution in [0.1, 0.15) is 6.42 Å². The maximum atomic E-state index is 13.0. The molecule has 0 aromatic heterocycles. The zero-order chi connectivity index (χ0) is 9.35. The Hall–Kier alpha value is 0.0800. The Morgan fingerprint density at radius 3 is 2.50 bits per heavy atom. The van der Waals surface area contributed by atoms with Gasteiger partial charge in [-0.3, -0.25) is 0 Å². The second-order valence-electron chi connectivity index (χ2n) is 3.50. The number of aliphatic hydroxyl groups is 1. The SMILES string of the molecule is CP(C)(=O)[C@H]1C[C@@H](F)[C@@H](CO)O1. The number of halogens is 1. The first kappa shape index (κ1) is 10.2. The maximum Gasteiger partial charge on any atom is 0.131 e. The van der Waals surface area contributed by atoms with Gasteiger partial charge < -0.3 is 14.4 Å². The van der Waals surface area contributed by atoms with E-state index in [1.807, 2.05) is 0 Å². The summed E-state index contributed by atoms with van der Waals surface area (Å²) in [5.74, 6) is -0.510. The first-order valence-electron chi connectivity index (χ1n) is 3.90. The molecular weight excluding hydrogens is 182 g/mol. The zero-order valence-corrected chi connectivity index (χ0v) is 8.13. The van der Waals surface area contributed by atoms with Gasteiger partial charge in [0.25, 0.3) is 0 Å². The van der Waals surface area contributed by atoms with E-state index >= 15 is 0 Å². The highest BCUT2D eigenvalue weighted by molar-refractivity contribution is 7.62. The van der Waals surface area contributed by atoms with E-state index in [0.717, 1.165) is 0 Å². The predicted octanol–water partition coefficient (Wildman–Crippen LogP) is 1.05. The van der Waals surface area contributed by atoms with E-state index in [0.29, 0.717) is 0 Å². The lowest BCUT2D eigenvalue weighted by Gasteiger charge is -2.15. The molecule has 1 fully saturated rings. The van der Waals surface area contributed by atoms with Gasteiger partial charge in [-0.05, 0) is 13.3 Å². The fourth-order valence-electron chi connectivity index (χ4n) is 1.24. The van der Waals surface area contributed by atoms with Gasteiger partial charge in [-0.2, -0.15) is 0 Å². The Kier molecular flexibility index (Phi) is 2.92. The quantitative estimate of drug-likeness (QED) is 0.671. The highest BCUT2D eigenvalue weighted by Crippen LogP contribution is 2.49. The molecule has 1 N–H and O–H groups in total. The summed E-state index contributed by atoms with van der Waals surface area (Å²) in [7, 11) is -2.37. The van der Waals surface area contributed by atoms with E-state index in [1.54, 1.807) is 13.3 Å². The minimum Gasteiger partial charge on any atom is -0.394 e. The lowest BCUT2D eigenvalue weighted by atomic mass is 10.2. The van der Waals surface area contributed by atoms with Crippen LogP contribution in [0.4, 0.5) is 4.39 Å². The third-order valence-corrected chi connectivity index (χ3v) is 3.76. The highest BCUT2D eigenvalue weighted by atomic mass is 31.2. The summed E-state index contributed by atoms with van der Waals surface area (Å²) >= 11 is 0. The van der Waals surface area contributed by atoms with E-state index in [1.165, 1.54) is 0 Å². The van der Waals surface area contributed by atoms with Crippen LogP contribution in [0.5, 0.6) is 0 Å². The molecule has 1 saturated heterocycles. The number of aliphatic hydroxyl groups excluding tert-OH is 1. The first-order valence-corrected chi connectivity index (χ1v) is 6.57. The molecule has 0 aliphatic carbocycles. The molecule has 12 heavy (non-hydrogen) atoms. The van der Waals surface area contributed by atoms with Crippen molar-refractivity contribution in [3.8, 4) is 0 Å². The van der Waals surface area contributed by atoms with Gasteiger partial charge in [0.15, 0.2) is 0 Å². The zero-order valence-electron chi connectivity index (χ0n) is 7.24. The van der Waals surface area contributed by atoms with Crippen LogP contribution in [0.3, 0.4) is 0 Å². The molecule has 72 valence electrons. The van der Waals surface area contributed by atoms with Gasteiger partial charge in [0.05, 0.1) is 6.61 Å². The predicted molar refractivity (Wildman–Crippen MR) is 44.7 cm³/mol. The summed E-state index contributed by atoms with van der Waals surface area (Å²) in [5.41, 5.74) is 0. The fraction of sp³-hybridized carbons (Fsp3) is 1.00. The number of rotatable bonds is 2. The van der Waals surface area contributed by atoms with Gasteiger partial charge in [-0.15, -0.1) is 0 Å². The molecule has 0 amide bonds. The Bertz CT molecular complexity index is 203. The summed E-state index contributed by atoms with van der Waals surface area (Å²) < 4.78 is 29.5. The van der Waals surface area contributed by atoms with Crippen molar-refractivity contribution in [1.82, 2.24) is 0 Å². The molecule has 1 aliphatic heterocycles. The molecule has 0 saturated carbocycles. The van der Waals surface area contributed by atoms with Gasteiger partial charge >= 0.3 is 0 Å². The summed E-state index contributed by atoms with van der Waals surface area (Å²) in [4.78, 5) is 0. The smallest absolute Gasteiger partial charge is 0.131 e. The average molecular weight is 196 g/mol. The lowest BCUT2D eigenvalue weighted by molar-refractivity contribution is 0.0181. The summed E-state index contributed by atoms with van der Waals surface area (Å²) in [6, 6.07) is 0. The van der Waals surface area contributed by atoms with Crippen LogP contribution in [0, 0.1) is 0 Å². The van der Waals surface area contributed by atoms with E-state index in [2.05, 4.69) is 0 Å². The van der Waals surface area contributed by atoms with Crippen molar-refractivity contribution in [2.24, 2.45) is 0 Å². The van der Waals surface area contributed by atoms with Crippen LogP contribution >= 0.6 is 7.14 Å². The van der Waals surface area contributed by atoms with Crippen molar-refractivity contribution in [2.45, 2.75) is 24.5 Å². The highest BCUT2D eigenvalue weighted by Gasteiger charge is 2.40. The van der Waals surface area contributed by atoms with Crippen molar-refractivity contribution < 1.29 is 18.8 Å². The molecule has 1 heterocycles. The third kappa shape index (κ3) is 2.06. The minimum atomic E-state index is -2.37. The number of ether oxygens (including phenoxy) is 1. The molecule has 0 radical (unpaired) electrons. The topological polar surface area (TPSA) is 46.5 Å². The molecule has 0 unspecified atom stereocenters. The van der Waals surface area contributed by atoms with Crippen molar-refractivity contribution >= 4 is 7.14 Å². The molecule has 1 aliphatic rings. The number of hydrogen-bond acceptors (Lipinski definition) is 3. The van der Waals surface area contributed by atoms with Gasteiger partial charge in [-0.25, -0.2) is 4.39 Å². The fourth-order valence-corrected chi connectivity index (χ4v) is 2.40. The summed E-state index contributed by atoms with van der Waals surface area (Å²) in [5, 5.41) is 8.67. The van der Waals surface area contributed by atoms with E-state index in [-0.39, 0.29) is 13.0 Å². The van der Waals surface area contributed by atoms with E-state index in [9.17, 15) is 8.96 Å². The second-order valence-corrected chi connectivity index (χ2v) is 6.94. The van der Waals surface area contributed by atoms with Crippen molar-refractivity contribution in [1.29, 1.82) is 0 Å². The van der Waals surface area contributed by atoms with Gasteiger partial charge in [0, 0.05) is 6.42 Å². The van der Waals surface area contributed by atoms with E-state index in [4.69, 9.17) is 9.84 Å². The van der Waals surface area contributed by atoms with Crippen LogP contribution < -0.4 is 0 Å². The molecule has 3 atom stereocenters. The van der Waals surface area contributed by atoms with Crippen LogP contribution in [0.15, 0.2) is 0 Å².